The minimum Gasteiger partial charge on any atom is -0.332 e. The number of nitrogens with zero attached hydrogens (tertiary/aromatic N) is 2. The lowest BCUT2D eigenvalue weighted by Crippen LogP contribution is -2.51. The van der Waals surface area contributed by atoms with Gasteiger partial charge in [0.05, 0.1) is 0 Å². The molecule has 1 aliphatic rings. The Balaban J connectivity index is 1.46. The molecule has 5 heteroatoms. The number of aryl methyl sites for hydroxylation is 1. The summed E-state index contributed by atoms with van der Waals surface area (Å²) in [6.07, 6.45) is 5.05. The van der Waals surface area contributed by atoms with Gasteiger partial charge in [-0.05, 0) is 23.6 Å². The van der Waals surface area contributed by atoms with Crippen LogP contribution < -0.4 is 5.32 Å². The summed E-state index contributed by atoms with van der Waals surface area (Å²) in [4.78, 5) is 28.8. The summed E-state index contributed by atoms with van der Waals surface area (Å²) in [6, 6.07) is 17.8. The van der Waals surface area contributed by atoms with Crippen molar-refractivity contribution in [3.63, 3.8) is 0 Å². The lowest BCUT2D eigenvalue weighted by molar-refractivity contribution is -0.144. The highest BCUT2D eigenvalue weighted by atomic mass is 16.2. The molecular weight excluding hydrogens is 350 g/mol. The molecule has 28 heavy (non-hydrogen) atoms. The molecule has 2 amide bonds. The molecule has 2 aromatic carbocycles. The van der Waals surface area contributed by atoms with Crippen LogP contribution in [0.3, 0.4) is 0 Å². The van der Waals surface area contributed by atoms with Crippen LogP contribution in [0.4, 0.5) is 5.69 Å². The van der Waals surface area contributed by atoms with Crippen molar-refractivity contribution in [1.82, 2.24) is 9.80 Å². The quantitative estimate of drug-likeness (QED) is 0.815. The van der Waals surface area contributed by atoms with Crippen LogP contribution in [0.25, 0.3) is 6.08 Å². The van der Waals surface area contributed by atoms with Crippen LogP contribution in [0.5, 0.6) is 0 Å². The topological polar surface area (TPSA) is 52.7 Å². The third-order valence-corrected chi connectivity index (χ3v) is 4.97. The number of piperazine rings is 1. The van der Waals surface area contributed by atoms with Crippen LogP contribution >= 0.6 is 0 Å². The number of amides is 2. The van der Waals surface area contributed by atoms with Gasteiger partial charge in [0.15, 0.2) is 0 Å². The second-order valence-corrected chi connectivity index (χ2v) is 6.87. The van der Waals surface area contributed by atoms with Crippen LogP contribution in [0.1, 0.15) is 18.1 Å². The molecule has 0 saturated carbocycles. The minimum atomic E-state index is -0.557. The van der Waals surface area contributed by atoms with Crippen molar-refractivity contribution in [2.24, 2.45) is 0 Å². The first-order valence-corrected chi connectivity index (χ1v) is 9.79. The van der Waals surface area contributed by atoms with Crippen LogP contribution in [0.2, 0.25) is 0 Å². The zero-order valence-corrected chi connectivity index (χ0v) is 16.3. The number of nitrogens with one attached hydrogen (secondary N) is 1. The molecule has 1 heterocycles. The first-order valence-electron chi connectivity index (χ1n) is 9.79. The number of anilines is 1. The first kappa shape index (κ1) is 19.8. The maximum absolute atomic E-state index is 12.5. The van der Waals surface area contributed by atoms with Gasteiger partial charge in [-0.15, -0.1) is 0 Å². The fraction of sp³-hybridized carbons (Fsp3) is 0.304. The average molecular weight is 377 g/mol. The maximum Gasteiger partial charge on any atom is 0.313 e. The van der Waals surface area contributed by atoms with Crippen LogP contribution in [0.15, 0.2) is 60.7 Å². The number of carbonyl (C=O) groups is 2. The fourth-order valence-corrected chi connectivity index (χ4v) is 3.31. The van der Waals surface area contributed by atoms with Crippen LogP contribution in [-0.4, -0.2) is 54.3 Å². The van der Waals surface area contributed by atoms with E-state index in [0.717, 1.165) is 31.6 Å². The van der Waals surface area contributed by atoms with Crippen molar-refractivity contribution in [3.05, 3.63) is 71.8 Å². The SMILES string of the molecule is CCc1ccccc1NC(=O)C(=O)N1CCN(C/C=C/c2ccccc2)CC1. The van der Waals surface area contributed by atoms with Gasteiger partial charge in [-0.1, -0.05) is 67.6 Å². The van der Waals surface area contributed by atoms with Gasteiger partial charge in [0, 0.05) is 38.4 Å². The Labute approximate surface area is 166 Å². The van der Waals surface area contributed by atoms with Gasteiger partial charge in [-0.3, -0.25) is 14.5 Å². The summed E-state index contributed by atoms with van der Waals surface area (Å²) >= 11 is 0. The van der Waals surface area contributed by atoms with E-state index < -0.39 is 11.8 Å². The van der Waals surface area contributed by atoms with Gasteiger partial charge in [0.25, 0.3) is 0 Å². The second kappa shape index (κ2) is 9.85. The van der Waals surface area contributed by atoms with E-state index in [2.05, 4.69) is 34.5 Å². The van der Waals surface area contributed by atoms with Crippen LogP contribution in [-0.2, 0) is 16.0 Å². The standard InChI is InChI=1S/C23H27N3O2/c1-2-20-12-6-7-13-21(20)24-22(27)23(28)26-17-15-25(16-18-26)14-8-11-19-9-4-3-5-10-19/h3-13H,2,14-18H2,1H3,(H,24,27)/b11-8+. The van der Waals surface area contributed by atoms with E-state index >= 15 is 0 Å². The lowest BCUT2D eigenvalue weighted by atomic mass is 10.1. The number of hydrogen-bond donors (Lipinski definition) is 1. The molecule has 146 valence electrons. The van der Waals surface area contributed by atoms with E-state index in [1.807, 2.05) is 49.4 Å². The van der Waals surface area contributed by atoms with Crippen molar-refractivity contribution in [1.29, 1.82) is 0 Å². The van der Waals surface area contributed by atoms with Crippen molar-refractivity contribution in [2.75, 3.05) is 38.0 Å². The summed E-state index contributed by atoms with van der Waals surface area (Å²) in [5.41, 5.74) is 2.92. The highest BCUT2D eigenvalue weighted by molar-refractivity contribution is 6.39. The molecule has 0 aliphatic carbocycles. The smallest absolute Gasteiger partial charge is 0.313 e. The molecule has 3 rings (SSSR count). The molecule has 1 aliphatic heterocycles. The van der Waals surface area contributed by atoms with Gasteiger partial charge in [0.1, 0.15) is 0 Å². The molecule has 1 N–H and O–H groups in total. The number of carbonyl (C=O) groups excluding carboxylic acids is 2. The van der Waals surface area contributed by atoms with Crippen molar-refractivity contribution < 1.29 is 9.59 Å². The van der Waals surface area contributed by atoms with E-state index in [0.29, 0.717) is 18.8 Å². The van der Waals surface area contributed by atoms with Gasteiger partial charge in [-0.25, -0.2) is 0 Å². The fourth-order valence-electron chi connectivity index (χ4n) is 3.31. The summed E-state index contributed by atoms with van der Waals surface area (Å²) < 4.78 is 0. The highest BCUT2D eigenvalue weighted by Gasteiger charge is 2.26. The maximum atomic E-state index is 12.5. The van der Waals surface area contributed by atoms with Gasteiger partial charge < -0.3 is 10.2 Å². The van der Waals surface area contributed by atoms with E-state index in [1.165, 1.54) is 5.56 Å². The highest BCUT2D eigenvalue weighted by Crippen LogP contribution is 2.15. The molecule has 0 spiro atoms. The third-order valence-electron chi connectivity index (χ3n) is 4.97. The molecule has 5 nitrogen and oxygen atoms in total. The minimum absolute atomic E-state index is 0.453. The summed E-state index contributed by atoms with van der Waals surface area (Å²) in [6.45, 7) is 5.54. The van der Waals surface area contributed by atoms with E-state index in [-0.39, 0.29) is 0 Å². The average Bonchev–Trinajstić information content (AvgIpc) is 2.75. The number of hydrogen-bond acceptors (Lipinski definition) is 3. The molecule has 1 fully saturated rings. The Morgan fingerprint density at radius 3 is 2.36 bits per heavy atom. The van der Waals surface area contributed by atoms with Crippen molar-refractivity contribution in [3.8, 4) is 0 Å². The van der Waals surface area contributed by atoms with Gasteiger partial charge in [0.2, 0.25) is 0 Å². The van der Waals surface area contributed by atoms with Crippen molar-refractivity contribution >= 4 is 23.6 Å². The van der Waals surface area contributed by atoms with Gasteiger partial charge in [-0.2, -0.15) is 0 Å². The molecule has 0 radical (unpaired) electrons. The van der Waals surface area contributed by atoms with E-state index in [4.69, 9.17) is 0 Å². The molecular formula is C23H27N3O2. The summed E-state index contributed by atoms with van der Waals surface area (Å²) in [5, 5.41) is 2.77. The summed E-state index contributed by atoms with van der Waals surface area (Å²) in [7, 11) is 0. The van der Waals surface area contributed by atoms with Gasteiger partial charge >= 0.3 is 11.8 Å². The van der Waals surface area contributed by atoms with E-state index in [9.17, 15) is 9.59 Å². The molecule has 1 saturated heterocycles. The number of rotatable bonds is 5. The molecule has 0 atom stereocenters. The monoisotopic (exact) mass is 377 g/mol. The third kappa shape index (κ3) is 5.30. The summed E-state index contributed by atoms with van der Waals surface area (Å²) in [5.74, 6) is -1.01. The second-order valence-electron chi connectivity index (χ2n) is 6.87. The zero-order valence-electron chi connectivity index (χ0n) is 16.3. The largest absolute Gasteiger partial charge is 0.332 e. The Bertz CT molecular complexity index is 825. The molecule has 0 bridgehead atoms. The molecule has 2 aromatic rings. The van der Waals surface area contributed by atoms with Crippen LogP contribution in [0, 0.1) is 0 Å². The van der Waals surface area contributed by atoms with Crippen molar-refractivity contribution in [2.45, 2.75) is 13.3 Å². The molecule has 0 unspecified atom stereocenters. The number of para-hydroxylation sites is 1. The Kier molecular flexibility index (Phi) is 6.98. The lowest BCUT2D eigenvalue weighted by Gasteiger charge is -2.33. The Morgan fingerprint density at radius 1 is 0.964 bits per heavy atom. The Morgan fingerprint density at radius 2 is 1.64 bits per heavy atom. The predicted molar refractivity (Wildman–Crippen MR) is 113 cm³/mol. The number of benzene rings is 2. The predicted octanol–water partition coefficient (Wildman–Crippen LogP) is 3.05. The Hall–Kier alpha value is -2.92. The first-order chi connectivity index (χ1) is 13.7. The normalized spacial score (nSPS) is 15.0. The van der Waals surface area contributed by atoms with E-state index in [1.54, 1.807) is 4.90 Å². The molecule has 0 aromatic heterocycles. The zero-order chi connectivity index (χ0) is 19.8.